The molecule has 5 nitrogen and oxygen atoms in total. The molecule has 1 aliphatic rings. The van der Waals surface area contributed by atoms with E-state index in [0.717, 1.165) is 26.9 Å². The summed E-state index contributed by atoms with van der Waals surface area (Å²) in [6.45, 7) is 0.476. The lowest BCUT2D eigenvalue weighted by molar-refractivity contribution is -0.385. The third kappa shape index (κ3) is 3.10. The van der Waals surface area contributed by atoms with E-state index in [9.17, 15) is 10.1 Å². The Morgan fingerprint density at radius 1 is 1.23 bits per heavy atom. The van der Waals surface area contributed by atoms with Gasteiger partial charge >= 0.3 is 0 Å². The third-order valence-electron chi connectivity index (χ3n) is 3.05. The zero-order valence-corrected chi connectivity index (χ0v) is 13.7. The van der Waals surface area contributed by atoms with Crippen molar-refractivity contribution < 1.29 is 9.66 Å². The summed E-state index contributed by atoms with van der Waals surface area (Å²) in [4.78, 5) is 14.1. The molecule has 3 rings (SSSR count). The molecule has 0 unspecified atom stereocenters. The first-order chi connectivity index (χ1) is 10.7. The number of rotatable bonds is 4. The van der Waals surface area contributed by atoms with Crippen LogP contribution in [0.4, 0.5) is 17.1 Å². The number of benzene rings is 2. The van der Waals surface area contributed by atoms with Gasteiger partial charge in [-0.1, -0.05) is 27.7 Å². The monoisotopic (exact) mass is 378 g/mol. The van der Waals surface area contributed by atoms with Gasteiger partial charge in [0, 0.05) is 21.9 Å². The molecule has 1 N–H and O–H groups in total. The molecule has 0 saturated carbocycles. The van der Waals surface area contributed by atoms with Gasteiger partial charge in [-0.25, -0.2) is 0 Å². The van der Waals surface area contributed by atoms with Gasteiger partial charge in [0.15, 0.2) is 0 Å². The average molecular weight is 379 g/mol. The van der Waals surface area contributed by atoms with Gasteiger partial charge in [0.1, 0.15) is 12.4 Å². The van der Waals surface area contributed by atoms with Crippen LogP contribution in [0, 0.1) is 10.1 Å². The van der Waals surface area contributed by atoms with Crippen molar-refractivity contribution in [3.05, 3.63) is 57.6 Å². The molecule has 0 radical (unpaired) electrons. The second kappa shape index (κ2) is 6.41. The first-order valence-corrected chi connectivity index (χ1v) is 8.16. The summed E-state index contributed by atoms with van der Waals surface area (Å²) in [6, 6.07) is 10.6. The number of nitro benzene ring substituents is 1. The highest BCUT2D eigenvalue weighted by Gasteiger charge is 2.19. The van der Waals surface area contributed by atoms with Gasteiger partial charge in [-0.15, -0.1) is 0 Å². The Kier molecular flexibility index (Phi) is 4.35. The van der Waals surface area contributed by atoms with E-state index in [0.29, 0.717) is 6.61 Å². The molecular weight excluding hydrogens is 368 g/mol. The van der Waals surface area contributed by atoms with Crippen LogP contribution in [0.3, 0.4) is 0 Å². The lowest BCUT2D eigenvalue weighted by atomic mass is 10.2. The maximum absolute atomic E-state index is 10.9. The number of hydrogen-bond donors (Lipinski definition) is 1. The number of nitrogens with zero attached hydrogens (tertiary/aromatic N) is 1. The molecule has 2 aromatic carbocycles. The summed E-state index contributed by atoms with van der Waals surface area (Å²) in [5.74, 6) is 0.757. The van der Waals surface area contributed by atoms with Crippen LogP contribution < -0.4 is 10.1 Å². The zero-order valence-electron chi connectivity index (χ0n) is 11.3. The fourth-order valence-electron chi connectivity index (χ4n) is 2.04. The summed E-state index contributed by atoms with van der Waals surface area (Å²) in [6.07, 6.45) is 1.85. The predicted molar refractivity (Wildman–Crippen MR) is 90.5 cm³/mol. The van der Waals surface area contributed by atoms with E-state index >= 15 is 0 Å². The lowest BCUT2D eigenvalue weighted by Gasteiger charge is -2.21. The van der Waals surface area contributed by atoms with Crippen molar-refractivity contribution >= 4 is 44.8 Å². The van der Waals surface area contributed by atoms with E-state index in [1.165, 1.54) is 17.8 Å². The minimum atomic E-state index is -0.386. The fourth-order valence-corrected chi connectivity index (χ4v) is 3.24. The Bertz CT molecular complexity index is 764. The van der Waals surface area contributed by atoms with Crippen molar-refractivity contribution in [3.63, 3.8) is 0 Å². The van der Waals surface area contributed by atoms with E-state index in [2.05, 4.69) is 21.2 Å². The second-order valence-electron chi connectivity index (χ2n) is 4.50. The van der Waals surface area contributed by atoms with Crippen LogP contribution in [0.15, 0.2) is 57.3 Å². The Labute approximate surface area is 139 Å². The molecule has 0 aromatic heterocycles. The Balaban J connectivity index is 1.86. The van der Waals surface area contributed by atoms with E-state index in [1.807, 2.05) is 24.3 Å². The number of hydrogen-bond acceptors (Lipinski definition) is 5. The first kappa shape index (κ1) is 14.9. The molecule has 7 heteroatoms. The van der Waals surface area contributed by atoms with E-state index in [4.69, 9.17) is 4.74 Å². The maximum Gasteiger partial charge on any atom is 0.270 e. The molecule has 0 amide bonds. The molecule has 0 aliphatic carbocycles. The summed E-state index contributed by atoms with van der Waals surface area (Å²) < 4.78 is 5.60. The molecule has 0 saturated heterocycles. The van der Waals surface area contributed by atoms with Crippen LogP contribution in [-0.4, -0.2) is 11.5 Å². The van der Waals surface area contributed by atoms with E-state index in [1.54, 1.807) is 17.1 Å². The topological polar surface area (TPSA) is 64.4 Å². The SMILES string of the molecule is O=[N+]([O-])c1ccc2c(c1)Sc1cc(OC/C=C\Br)ccc1N2. The smallest absolute Gasteiger partial charge is 0.270 e. The van der Waals surface area contributed by atoms with Gasteiger partial charge in [0.25, 0.3) is 5.69 Å². The predicted octanol–water partition coefficient (Wildman–Crippen LogP) is 5.09. The number of nitro groups is 1. The molecular formula is C15H11BrN2O3S. The van der Waals surface area contributed by atoms with E-state index in [-0.39, 0.29) is 10.6 Å². The van der Waals surface area contributed by atoms with Gasteiger partial charge < -0.3 is 10.1 Å². The minimum Gasteiger partial charge on any atom is -0.489 e. The second-order valence-corrected chi connectivity index (χ2v) is 6.11. The largest absolute Gasteiger partial charge is 0.489 e. The lowest BCUT2D eigenvalue weighted by Crippen LogP contribution is -2.01. The maximum atomic E-state index is 10.9. The number of anilines is 2. The quantitative estimate of drug-likeness (QED) is 0.505. The van der Waals surface area contributed by atoms with Crippen LogP contribution in [0.25, 0.3) is 0 Å². The Morgan fingerprint density at radius 3 is 2.68 bits per heavy atom. The standard InChI is InChI=1S/C15H11BrN2O3S/c16-6-1-7-21-11-3-5-13-15(9-11)22-14-8-10(18(19)20)2-4-12(14)17-13/h1-6,8-9,17H,7H2/b6-1-. The fraction of sp³-hybridized carbons (Fsp3) is 0.0667. The van der Waals surface area contributed by atoms with Gasteiger partial charge in [0.2, 0.25) is 0 Å². The average Bonchev–Trinajstić information content (AvgIpc) is 2.52. The molecule has 0 bridgehead atoms. The van der Waals surface area contributed by atoms with Crippen molar-refractivity contribution in [2.75, 3.05) is 11.9 Å². The number of fused-ring (bicyclic) bond motifs is 2. The van der Waals surface area contributed by atoms with E-state index < -0.39 is 0 Å². The summed E-state index contributed by atoms with van der Waals surface area (Å²) >= 11 is 4.68. The van der Waals surface area contributed by atoms with Crippen LogP contribution >= 0.6 is 27.7 Å². The normalized spacial score (nSPS) is 12.4. The minimum absolute atomic E-state index is 0.0892. The number of nitrogens with one attached hydrogen (secondary N) is 1. The molecule has 0 atom stereocenters. The highest BCUT2D eigenvalue weighted by atomic mass is 79.9. The molecule has 2 aromatic rings. The first-order valence-electron chi connectivity index (χ1n) is 6.43. The highest BCUT2D eigenvalue weighted by molar-refractivity contribution is 9.11. The van der Waals surface area contributed by atoms with Gasteiger partial charge in [-0.05, 0) is 35.3 Å². The van der Waals surface area contributed by atoms with Gasteiger partial charge in [-0.2, -0.15) is 0 Å². The van der Waals surface area contributed by atoms with Crippen LogP contribution in [-0.2, 0) is 0 Å². The summed E-state index contributed by atoms with van der Waals surface area (Å²) in [5.41, 5.74) is 1.93. The molecule has 112 valence electrons. The Morgan fingerprint density at radius 2 is 1.95 bits per heavy atom. The number of halogens is 1. The molecule has 22 heavy (non-hydrogen) atoms. The summed E-state index contributed by atoms with van der Waals surface area (Å²) in [5, 5.41) is 14.2. The van der Waals surface area contributed by atoms with Crippen LogP contribution in [0.5, 0.6) is 5.75 Å². The molecule has 0 fully saturated rings. The van der Waals surface area contributed by atoms with Crippen molar-refractivity contribution in [3.8, 4) is 5.75 Å². The summed E-state index contributed by atoms with van der Waals surface area (Å²) in [7, 11) is 0. The molecule has 1 heterocycles. The van der Waals surface area contributed by atoms with Crippen LogP contribution in [0.1, 0.15) is 0 Å². The third-order valence-corrected chi connectivity index (χ3v) is 4.54. The van der Waals surface area contributed by atoms with Gasteiger partial charge in [-0.3, -0.25) is 10.1 Å². The zero-order chi connectivity index (χ0) is 15.5. The van der Waals surface area contributed by atoms with Crippen molar-refractivity contribution in [2.45, 2.75) is 9.79 Å². The number of non-ortho nitro benzene ring substituents is 1. The van der Waals surface area contributed by atoms with Gasteiger partial charge in [0.05, 0.1) is 16.3 Å². The van der Waals surface area contributed by atoms with Crippen molar-refractivity contribution in [1.29, 1.82) is 0 Å². The highest BCUT2D eigenvalue weighted by Crippen LogP contribution is 2.46. The number of ether oxygens (including phenoxy) is 1. The van der Waals surface area contributed by atoms with Crippen molar-refractivity contribution in [1.82, 2.24) is 0 Å². The Hall–Kier alpha value is -1.99. The molecule has 0 spiro atoms. The molecule has 1 aliphatic heterocycles. The van der Waals surface area contributed by atoms with Crippen molar-refractivity contribution in [2.24, 2.45) is 0 Å². The van der Waals surface area contributed by atoms with Crippen LogP contribution in [0.2, 0.25) is 0 Å².